The predicted octanol–water partition coefficient (Wildman–Crippen LogP) is 2.62. The maximum Gasteiger partial charge on any atom is 0.248 e. The summed E-state index contributed by atoms with van der Waals surface area (Å²) in [6, 6.07) is 0. The van der Waals surface area contributed by atoms with Crippen molar-refractivity contribution in [2.24, 2.45) is 0 Å². The zero-order valence-corrected chi connectivity index (χ0v) is 13.1. The van der Waals surface area contributed by atoms with E-state index < -0.39 is 11.1 Å². The molecule has 0 aromatic heterocycles. The van der Waals surface area contributed by atoms with Gasteiger partial charge in [-0.15, -0.1) is 0 Å². The van der Waals surface area contributed by atoms with E-state index in [-0.39, 0.29) is 11.8 Å². The first-order valence-electron chi connectivity index (χ1n) is 8.09. The van der Waals surface area contributed by atoms with E-state index in [9.17, 15) is 9.59 Å². The first-order chi connectivity index (χ1) is 9.44. The molecule has 1 heterocycles. The number of amides is 2. The van der Waals surface area contributed by atoms with Crippen molar-refractivity contribution in [2.45, 2.75) is 83.2 Å². The fourth-order valence-corrected chi connectivity index (χ4v) is 3.58. The number of nitrogens with zero attached hydrogens (tertiary/aromatic N) is 1. The second-order valence-electron chi connectivity index (χ2n) is 6.84. The molecule has 4 nitrogen and oxygen atoms in total. The fourth-order valence-electron chi connectivity index (χ4n) is 3.58. The van der Waals surface area contributed by atoms with Crippen molar-refractivity contribution in [3.8, 4) is 0 Å². The van der Waals surface area contributed by atoms with Crippen LogP contribution in [0.2, 0.25) is 0 Å². The van der Waals surface area contributed by atoms with Gasteiger partial charge in [0.1, 0.15) is 11.1 Å². The summed E-state index contributed by atoms with van der Waals surface area (Å²) in [4.78, 5) is 27.2. The highest BCUT2D eigenvalue weighted by Gasteiger charge is 2.55. The number of piperazine rings is 1. The minimum Gasteiger partial charge on any atom is -0.340 e. The van der Waals surface area contributed by atoms with Gasteiger partial charge < -0.3 is 10.2 Å². The number of hydrogen-bond donors (Lipinski definition) is 1. The highest BCUT2D eigenvalue weighted by Crippen LogP contribution is 2.39. The van der Waals surface area contributed by atoms with Crippen LogP contribution < -0.4 is 5.32 Å². The molecule has 1 saturated carbocycles. The van der Waals surface area contributed by atoms with Crippen molar-refractivity contribution in [3.63, 3.8) is 0 Å². The molecule has 0 bridgehead atoms. The van der Waals surface area contributed by atoms with E-state index in [2.05, 4.69) is 12.2 Å². The summed E-state index contributed by atoms with van der Waals surface area (Å²) >= 11 is 0. The topological polar surface area (TPSA) is 49.4 Å². The lowest BCUT2D eigenvalue weighted by molar-refractivity contribution is -0.161. The lowest BCUT2D eigenvalue weighted by atomic mass is 9.85. The van der Waals surface area contributed by atoms with Gasteiger partial charge in [0.15, 0.2) is 0 Å². The monoisotopic (exact) mass is 280 g/mol. The third-order valence-corrected chi connectivity index (χ3v) is 4.81. The number of carbonyl (C=O) groups excluding carboxylic acids is 2. The van der Waals surface area contributed by atoms with Gasteiger partial charge in [0, 0.05) is 6.54 Å². The van der Waals surface area contributed by atoms with Gasteiger partial charge in [0.25, 0.3) is 0 Å². The Morgan fingerprint density at radius 1 is 1.10 bits per heavy atom. The van der Waals surface area contributed by atoms with Crippen LogP contribution in [0.15, 0.2) is 0 Å². The van der Waals surface area contributed by atoms with Crippen LogP contribution in [-0.2, 0) is 9.59 Å². The first-order valence-corrected chi connectivity index (χ1v) is 8.09. The molecule has 1 aliphatic heterocycles. The van der Waals surface area contributed by atoms with Gasteiger partial charge in [-0.2, -0.15) is 0 Å². The molecule has 0 radical (unpaired) electrons. The average Bonchev–Trinajstić information content (AvgIpc) is 2.86. The zero-order valence-electron chi connectivity index (χ0n) is 13.1. The minimum atomic E-state index is -0.754. The number of unbranched alkanes of at least 4 members (excludes halogenated alkanes) is 3. The van der Waals surface area contributed by atoms with E-state index in [1.807, 2.05) is 18.7 Å². The van der Waals surface area contributed by atoms with E-state index in [1.54, 1.807) is 0 Å². The number of rotatable bonds is 5. The molecule has 20 heavy (non-hydrogen) atoms. The average molecular weight is 280 g/mol. The third-order valence-electron chi connectivity index (χ3n) is 4.81. The van der Waals surface area contributed by atoms with Crippen LogP contribution in [0.1, 0.15) is 72.1 Å². The molecule has 2 amide bonds. The summed E-state index contributed by atoms with van der Waals surface area (Å²) in [6.07, 6.45) is 8.28. The van der Waals surface area contributed by atoms with Gasteiger partial charge in [0.2, 0.25) is 11.8 Å². The largest absolute Gasteiger partial charge is 0.340 e. The highest BCUT2D eigenvalue weighted by molar-refractivity contribution is 6.02. The van der Waals surface area contributed by atoms with Crippen molar-refractivity contribution in [3.05, 3.63) is 0 Å². The van der Waals surface area contributed by atoms with Gasteiger partial charge >= 0.3 is 0 Å². The summed E-state index contributed by atoms with van der Waals surface area (Å²) in [5, 5.41) is 2.94. The second-order valence-corrected chi connectivity index (χ2v) is 6.84. The van der Waals surface area contributed by atoms with Crippen LogP contribution >= 0.6 is 0 Å². The Hall–Kier alpha value is -1.06. The molecule has 2 aliphatic rings. The molecule has 0 unspecified atom stereocenters. The van der Waals surface area contributed by atoms with Crippen molar-refractivity contribution in [1.29, 1.82) is 0 Å². The zero-order chi connectivity index (χ0) is 14.8. The van der Waals surface area contributed by atoms with Gasteiger partial charge in [-0.25, -0.2) is 0 Å². The Morgan fingerprint density at radius 3 is 2.35 bits per heavy atom. The number of carbonyl (C=O) groups is 2. The van der Waals surface area contributed by atoms with Gasteiger partial charge in [-0.3, -0.25) is 9.59 Å². The maximum absolute atomic E-state index is 12.7. The molecule has 4 heteroatoms. The summed E-state index contributed by atoms with van der Waals surface area (Å²) in [6.45, 7) is 6.54. The molecule has 2 fully saturated rings. The first kappa shape index (κ1) is 15.3. The number of nitrogens with one attached hydrogen (secondary N) is 1. The van der Waals surface area contributed by atoms with Crippen LogP contribution in [0.5, 0.6) is 0 Å². The van der Waals surface area contributed by atoms with Gasteiger partial charge in [0.05, 0.1) is 0 Å². The van der Waals surface area contributed by atoms with Crippen molar-refractivity contribution in [1.82, 2.24) is 10.2 Å². The quantitative estimate of drug-likeness (QED) is 0.787. The normalized spacial score (nSPS) is 24.2. The van der Waals surface area contributed by atoms with Crippen molar-refractivity contribution < 1.29 is 9.59 Å². The second kappa shape index (κ2) is 5.74. The smallest absolute Gasteiger partial charge is 0.248 e. The van der Waals surface area contributed by atoms with Crippen LogP contribution in [0.3, 0.4) is 0 Å². The van der Waals surface area contributed by atoms with Crippen molar-refractivity contribution in [2.75, 3.05) is 6.54 Å². The van der Waals surface area contributed by atoms with Gasteiger partial charge in [-0.1, -0.05) is 39.0 Å². The standard InChI is InChI=1S/C16H28N2O2/c1-4-5-6-9-12-18-14(20)15(2,3)17-13(19)16(18)10-7-8-11-16/h4-12H2,1-3H3,(H,17,19). The molecule has 114 valence electrons. The Balaban J connectivity index is 2.16. The highest BCUT2D eigenvalue weighted by atomic mass is 16.2. The summed E-state index contributed by atoms with van der Waals surface area (Å²) in [5.41, 5.74) is -1.30. The van der Waals surface area contributed by atoms with Gasteiger partial charge in [-0.05, 0) is 33.1 Å². The summed E-state index contributed by atoms with van der Waals surface area (Å²) in [7, 11) is 0. The van der Waals surface area contributed by atoms with E-state index in [1.165, 1.54) is 12.8 Å². The molecule has 0 aromatic rings. The molecule has 1 saturated heterocycles. The van der Waals surface area contributed by atoms with Crippen LogP contribution in [0, 0.1) is 0 Å². The lowest BCUT2D eigenvalue weighted by Gasteiger charge is -2.49. The molecule has 1 aliphatic carbocycles. The molecule has 2 rings (SSSR count). The van der Waals surface area contributed by atoms with Crippen LogP contribution in [0.4, 0.5) is 0 Å². The minimum absolute atomic E-state index is 0.0649. The summed E-state index contributed by atoms with van der Waals surface area (Å²) < 4.78 is 0. The van der Waals surface area contributed by atoms with Crippen LogP contribution in [0.25, 0.3) is 0 Å². The van der Waals surface area contributed by atoms with Crippen LogP contribution in [-0.4, -0.2) is 34.3 Å². The Labute approximate surface area is 122 Å². The lowest BCUT2D eigenvalue weighted by Crippen LogP contribution is -2.73. The molecule has 0 aromatic carbocycles. The third kappa shape index (κ3) is 2.57. The molecule has 1 spiro atoms. The Morgan fingerprint density at radius 2 is 1.75 bits per heavy atom. The van der Waals surface area contributed by atoms with E-state index in [0.717, 1.165) is 45.1 Å². The fraction of sp³-hybridized carbons (Fsp3) is 0.875. The van der Waals surface area contributed by atoms with Crippen molar-refractivity contribution >= 4 is 11.8 Å². The molecule has 0 atom stereocenters. The van der Waals surface area contributed by atoms with E-state index >= 15 is 0 Å². The summed E-state index contributed by atoms with van der Waals surface area (Å²) in [5.74, 6) is 0.158. The molecular formula is C16H28N2O2. The number of hydrogen-bond acceptors (Lipinski definition) is 2. The maximum atomic E-state index is 12.7. The SMILES string of the molecule is CCCCCCN1C(=O)C(C)(C)NC(=O)C12CCCC2. The molecular weight excluding hydrogens is 252 g/mol. The van der Waals surface area contributed by atoms with E-state index in [0.29, 0.717) is 0 Å². The predicted molar refractivity (Wildman–Crippen MR) is 79.3 cm³/mol. The molecule has 1 N–H and O–H groups in total. The Kier molecular flexibility index (Phi) is 4.40. The Bertz CT molecular complexity index is 384. The van der Waals surface area contributed by atoms with E-state index in [4.69, 9.17) is 0 Å².